The first kappa shape index (κ1) is 28.1. The molecule has 185 valence electrons. The number of rotatable bonds is 3. The second-order valence-electron chi connectivity index (χ2n) is 10.5. The Balaban J connectivity index is 0.00000324. The number of aliphatic hydroxyl groups is 1. The summed E-state index contributed by atoms with van der Waals surface area (Å²) in [5.41, 5.74) is -6.39. The topological polar surface area (TPSA) is 80.7 Å². The van der Waals surface area contributed by atoms with Crippen LogP contribution in [0.25, 0.3) is 0 Å². The zero-order chi connectivity index (χ0) is 24.6. The Labute approximate surface area is 228 Å². The Morgan fingerprint density at radius 1 is 1.29 bits per heavy atom. The van der Waals surface area contributed by atoms with E-state index in [1.165, 1.54) is 19.1 Å². The van der Waals surface area contributed by atoms with Crippen LogP contribution in [0.4, 0.5) is 8.78 Å². The summed E-state index contributed by atoms with van der Waals surface area (Å²) in [6, 6.07) is 0. The number of hydrogen-bond donors (Lipinski definition) is 1. The Morgan fingerprint density at radius 3 is 2.53 bits per heavy atom. The predicted molar refractivity (Wildman–Crippen MR) is 120 cm³/mol. The molecule has 1 N–H and O–H groups in total. The fraction of sp³-hybridized carbons (Fsp3) is 0.680. The van der Waals surface area contributed by atoms with Crippen LogP contribution in [-0.2, 0) is 51.8 Å². The van der Waals surface area contributed by atoms with Crippen molar-refractivity contribution in [3.05, 3.63) is 30.1 Å². The van der Waals surface area contributed by atoms with Gasteiger partial charge >= 0.3 is 5.97 Å². The number of alkyl halides is 2. The van der Waals surface area contributed by atoms with Gasteiger partial charge in [0.15, 0.2) is 17.1 Å². The zero-order valence-electron chi connectivity index (χ0n) is 20.0. The van der Waals surface area contributed by atoms with E-state index in [9.17, 15) is 19.5 Å². The van der Waals surface area contributed by atoms with Gasteiger partial charge < -0.3 is 9.84 Å². The molecule has 0 spiro atoms. The molecule has 1 radical (unpaired) electrons. The summed E-state index contributed by atoms with van der Waals surface area (Å²) >= 11 is 0.706. The smallest absolute Gasteiger partial charge is 0.306 e. The van der Waals surface area contributed by atoms with Gasteiger partial charge in [0.1, 0.15) is 6.17 Å². The Hall–Kier alpha value is -0.436. The summed E-state index contributed by atoms with van der Waals surface area (Å²) in [5.74, 6) is -2.89. The van der Waals surface area contributed by atoms with Crippen LogP contribution < -0.4 is 0 Å². The quantitative estimate of drug-likeness (QED) is 0.403. The van der Waals surface area contributed by atoms with Gasteiger partial charge in [-0.3, -0.25) is 32.4 Å². The third kappa shape index (κ3) is 3.37. The second kappa shape index (κ2) is 9.14. The average molecular weight is 570 g/mol. The number of allylic oxidation sites excluding steroid dienone is 4. The van der Waals surface area contributed by atoms with E-state index in [2.05, 4.69) is 6.26 Å². The first-order valence-electron chi connectivity index (χ1n) is 11.5. The van der Waals surface area contributed by atoms with Crippen molar-refractivity contribution in [1.82, 2.24) is 0 Å². The number of halogens is 2. The largest absolute Gasteiger partial charge is 0.449 e. The van der Waals surface area contributed by atoms with Crippen molar-refractivity contribution in [2.45, 2.75) is 76.9 Å². The molecule has 34 heavy (non-hydrogen) atoms. The molecule has 0 heterocycles. The van der Waals surface area contributed by atoms with Crippen molar-refractivity contribution >= 4 is 28.6 Å². The zero-order valence-corrected chi connectivity index (χ0v) is 23.6. The second-order valence-corrected chi connectivity index (χ2v) is 11.2. The molecule has 0 bridgehead atoms. The van der Waals surface area contributed by atoms with Crippen LogP contribution in [0.2, 0.25) is 0 Å². The third-order valence-corrected chi connectivity index (χ3v) is 9.73. The van der Waals surface area contributed by atoms with E-state index in [4.69, 9.17) is 4.74 Å². The van der Waals surface area contributed by atoms with Gasteiger partial charge in [-0.05, 0) is 49.8 Å². The predicted octanol–water partition coefficient (Wildman–Crippen LogP) is 4.29. The van der Waals surface area contributed by atoms with Crippen LogP contribution in [0.1, 0.15) is 53.4 Å². The Morgan fingerprint density at radius 2 is 1.94 bits per heavy atom. The molecule has 0 aromatic carbocycles. The fourth-order valence-electron chi connectivity index (χ4n) is 7.58. The number of aliphatic hydroxyl groups excluding tert-OH is 1. The van der Waals surface area contributed by atoms with Crippen molar-refractivity contribution in [3.63, 3.8) is 0 Å². The molecule has 5 nitrogen and oxygen atoms in total. The maximum absolute atomic E-state index is 17.2. The Kier molecular flexibility index (Phi) is 7.57. The third-order valence-electron chi connectivity index (χ3n) is 9.17. The van der Waals surface area contributed by atoms with E-state index in [-0.39, 0.29) is 57.5 Å². The van der Waals surface area contributed by atoms with E-state index in [0.717, 1.165) is 6.08 Å². The van der Waals surface area contributed by atoms with Gasteiger partial charge in [0.05, 0.1) is 6.10 Å². The van der Waals surface area contributed by atoms with Crippen LogP contribution in [0.5, 0.6) is 0 Å². The molecule has 4 aliphatic rings. The number of hydrogen-bond acceptors (Lipinski definition) is 6. The molecular formula is C25H31F2O5SY-. The molecule has 4 rings (SSSR count). The molecule has 9 atom stereocenters. The van der Waals surface area contributed by atoms with Gasteiger partial charge in [-0.2, -0.15) is 0 Å². The maximum Gasteiger partial charge on any atom is 0.306 e. The number of ether oxygens (including phenoxy) is 1. The fourth-order valence-corrected chi connectivity index (χ4v) is 8.27. The molecule has 0 aliphatic heterocycles. The van der Waals surface area contributed by atoms with Gasteiger partial charge in [-0.1, -0.05) is 26.8 Å². The standard InChI is InChI=1S/C25H31F2O5S.Y/c1-6-20(30)32-25(21(31)33-5)13(2)9-15-16-11-18(26)17-10-14(28)7-8-22(17,3)24(16,27)19(29)12-23(15,25)4;/h7-8,10,13,15-16,18-19,29H,5-6,9,11-12H2,1-4H3;/q-1;/t13-,15+,16?,18+,19+,22+,23+,24+,25+;/m1./s1. The molecule has 0 aromatic heterocycles. The summed E-state index contributed by atoms with van der Waals surface area (Å²) in [7, 11) is 0. The number of carbonyl (C=O) groups excluding carboxylic acids is 3. The molecule has 0 amide bonds. The summed E-state index contributed by atoms with van der Waals surface area (Å²) in [6.07, 6.45) is 4.32. The minimum atomic E-state index is -2.24. The molecule has 0 aromatic rings. The Bertz CT molecular complexity index is 971. The van der Waals surface area contributed by atoms with Gasteiger partial charge in [-0.25, -0.2) is 8.78 Å². The number of carbonyl (C=O) groups is 3. The van der Waals surface area contributed by atoms with Crippen molar-refractivity contribution < 1.29 is 65.7 Å². The first-order valence-corrected chi connectivity index (χ1v) is 12.5. The van der Waals surface area contributed by atoms with Crippen molar-refractivity contribution in [3.8, 4) is 0 Å². The number of thioether (sulfide) groups is 1. The summed E-state index contributed by atoms with van der Waals surface area (Å²) < 4.78 is 38.6. The minimum absolute atomic E-state index is 0. The van der Waals surface area contributed by atoms with Crippen molar-refractivity contribution in [1.29, 1.82) is 0 Å². The van der Waals surface area contributed by atoms with Crippen LogP contribution >= 0.6 is 11.8 Å². The van der Waals surface area contributed by atoms with Crippen molar-refractivity contribution in [2.24, 2.45) is 28.6 Å². The van der Waals surface area contributed by atoms with Gasteiger partial charge in [-0.15, -0.1) is 0 Å². The summed E-state index contributed by atoms with van der Waals surface area (Å²) in [4.78, 5) is 37.7. The summed E-state index contributed by atoms with van der Waals surface area (Å²) in [6.45, 7) is 6.70. The normalized spacial score (nSPS) is 47.0. The van der Waals surface area contributed by atoms with Crippen LogP contribution in [0.3, 0.4) is 0 Å². The van der Waals surface area contributed by atoms with Crippen LogP contribution in [0.15, 0.2) is 23.8 Å². The van der Waals surface area contributed by atoms with Gasteiger partial charge in [0.25, 0.3) is 0 Å². The molecule has 4 aliphatic carbocycles. The average Bonchev–Trinajstić information content (AvgIpc) is 2.98. The minimum Gasteiger partial charge on any atom is -0.449 e. The molecule has 3 saturated carbocycles. The molecule has 1 unspecified atom stereocenters. The number of ketones is 1. The first-order chi connectivity index (χ1) is 15.3. The number of fused-ring (bicyclic) bond motifs is 5. The monoisotopic (exact) mass is 570 g/mol. The number of esters is 1. The van der Waals surface area contributed by atoms with Gasteiger partial charge in [0.2, 0.25) is 5.12 Å². The van der Waals surface area contributed by atoms with E-state index >= 15 is 8.78 Å². The van der Waals surface area contributed by atoms with E-state index in [1.54, 1.807) is 20.8 Å². The van der Waals surface area contributed by atoms with Crippen LogP contribution in [-0.4, -0.2) is 45.5 Å². The van der Waals surface area contributed by atoms with Gasteiger partial charge in [0, 0.05) is 61.8 Å². The summed E-state index contributed by atoms with van der Waals surface area (Å²) in [5, 5.41) is 10.9. The molecule has 0 saturated heterocycles. The molecule has 9 heteroatoms. The maximum atomic E-state index is 17.2. The van der Waals surface area contributed by atoms with E-state index < -0.39 is 69.0 Å². The van der Waals surface area contributed by atoms with Crippen molar-refractivity contribution in [2.75, 3.05) is 0 Å². The van der Waals surface area contributed by atoms with Crippen LogP contribution in [0, 0.1) is 34.8 Å². The molecular weight excluding hydrogens is 539 g/mol. The van der Waals surface area contributed by atoms with E-state index in [1.807, 2.05) is 0 Å². The molecule has 3 fully saturated rings. The SMILES string of the molecule is [CH2-]SC(=O)[C@@]1(OC(=O)CC)[C@H](C)C[C@H]2C3C[C@H](F)C4=CC(=O)C=C[C@]4(C)[C@@]3(F)[C@@H](O)C[C@@]21C.[Y]. The van der Waals surface area contributed by atoms with E-state index in [0.29, 0.717) is 18.2 Å².